The van der Waals surface area contributed by atoms with Crippen LogP contribution in [0.1, 0.15) is 12.8 Å². The highest BCUT2D eigenvalue weighted by atomic mass is 35.5. The highest BCUT2D eigenvalue weighted by Gasteiger charge is 2.34. The molecule has 0 N–H and O–H groups in total. The summed E-state index contributed by atoms with van der Waals surface area (Å²) in [6, 6.07) is 6.95. The van der Waals surface area contributed by atoms with Crippen molar-refractivity contribution >= 4 is 35.1 Å². The predicted octanol–water partition coefficient (Wildman–Crippen LogP) is 1.43. The summed E-state index contributed by atoms with van der Waals surface area (Å²) in [6.45, 7) is 3.69. The summed E-state index contributed by atoms with van der Waals surface area (Å²) >= 11 is 6.02. The lowest BCUT2D eigenvalue weighted by Gasteiger charge is -2.36. The van der Waals surface area contributed by atoms with Gasteiger partial charge in [0.25, 0.3) is 5.91 Å². The van der Waals surface area contributed by atoms with Crippen LogP contribution >= 0.6 is 11.6 Å². The van der Waals surface area contributed by atoms with Crippen molar-refractivity contribution in [2.75, 3.05) is 57.3 Å². The Hall–Kier alpha value is -2.32. The first kappa shape index (κ1) is 20.0. The van der Waals surface area contributed by atoms with Crippen molar-refractivity contribution < 1.29 is 19.1 Å². The van der Waals surface area contributed by atoms with E-state index in [1.807, 2.05) is 6.07 Å². The van der Waals surface area contributed by atoms with Gasteiger partial charge in [-0.25, -0.2) is 4.79 Å². The lowest BCUT2D eigenvalue weighted by molar-refractivity contribution is -0.146. The second-order valence-corrected chi connectivity index (χ2v) is 7.98. The van der Waals surface area contributed by atoms with Gasteiger partial charge in [-0.15, -0.1) is 0 Å². The molecule has 1 atom stereocenters. The molecule has 3 aliphatic heterocycles. The number of anilines is 1. The van der Waals surface area contributed by atoms with E-state index < -0.39 is 0 Å². The molecular weight excluding hydrogens is 396 g/mol. The Labute approximate surface area is 174 Å². The molecule has 4 rings (SSSR count). The molecule has 3 fully saturated rings. The minimum absolute atomic E-state index is 0.0292. The number of ether oxygens (including phenoxy) is 1. The van der Waals surface area contributed by atoms with Gasteiger partial charge in [0.05, 0.1) is 0 Å². The molecule has 9 heteroatoms. The molecule has 0 radical (unpaired) electrons. The molecule has 1 aromatic carbocycles. The van der Waals surface area contributed by atoms with Gasteiger partial charge in [-0.3, -0.25) is 14.5 Å². The van der Waals surface area contributed by atoms with E-state index in [4.69, 9.17) is 16.3 Å². The Bertz CT molecular complexity index is 790. The minimum Gasteiger partial charge on any atom is -0.368 e. The van der Waals surface area contributed by atoms with Crippen LogP contribution in [-0.2, 0) is 14.3 Å². The van der Waals surface area contributed by atoms with Crippen molar-refractivity contribution in [3.63, 3.8) is 0 Å². The van der Waals surface area contributed by atoms with Gasteiger partial charge in [0.1, 0.15) is 12.6 Å². The largest absolute Gasteiger partial charge is 0.368 e. The maximum Gasteiger partial charge on any atom is 0.325 e. The summed E-state index contributed by atoms with van der Waals surface area (Å²) in [7, 11) is 0. The van der Waals surface area contributed by atoms with Gasteiger partial charge in [0, 0.05) is 56.6 Å². The molecule has 3 aliphatic rings. The van der Waals surface area contributed by atoms with E-state index in [-0.39, 0.29) is 30.5 Å². The van der Waals surface area contributed by atoms with Gasteiger partial charge >= 0.3 is 6.03 Å². The fourth-order valence-electron chi connectivity index (χ4n) is 4.03. The zero-order valence-electron chi connectivity index (χ0n) is 16.3. The van der Waals surface area contributed by atoms with Crippen LogP contribution in [0.25, 0.3) is 0 Å². The maximum atomic E-state index is 12.7. The Morgan fingerprint density at radius 3 is 2.52 bits per heavy atom. The average Bonchev–Trinajstić information content (AvgIpc) is 3.38. The standard InChI is InChI=1S/C20H25ClN4O4/c21-15-3-1-4-16(13-15)25-11-10-24(20(25)28)14-18(26)22-6-8-23(9-7-22)19(27)17-5-2-12-29-17/h1,3-4,13,17H,2,5-12,14H2. The molecule has 0 aliphatic carbocycles. The Kier molecular flexibility index (Phi) is 5.91. The van der Waals surface area contributed by atoms with Gasteiger partial charge < -0.3 is 19.4 Å². The van der Waals surface area contributed by atoms with Crippen molar-refractivity contribution in [1.82, 2.24) is 14.7 Å². The number of hydrogen-bond donors (Lipinski definition) is 0. The number of nitrogens with zero attached hydrogens (tertiary/aromatic N) is 4. The fraction of sp³-hybridized carbons (Fsp3) is 0.550. The highest BCUT2D eigenvalue weighted by molar-refractivity contribution is 6.30. The number of amides is 4. The third kappa shape index (κ3) is 4.33. The van der Waals surface area contributed by atoms with E-state index in [1.165, 1.54) is 0 Å². The summed E-state index contributed by atoms with van der Waals surface area (Å²) in [4.78, 5) is 44.5. The average molecular weight is 421 g/mol. The third-order valence-corrected chi connectivity index (χ3v) is 5.93. The quantitative estimate of drug-likeness (QED) is 0.738. The van der Waals surface area contributed by atoms with E-state index in [9.17, 15) is 14.4 Å². The van der Waals surface area contributed by atoms with Gasteiger partial charge in [-0.2, -0.15) is 0 Å². The van der Waals surface area contributed by atoms with Crippen molar-refractivity contribution in [1.29, 1.82) is 0 Å². The van der Waals surface area contributed by atoms with E-state index in [0.29, 0.717) is 50.9 Å². The first-order chi connectivity index (χ1) is 14.0. The topological polar surface area (TPSA) is 73.4 Å². The molecule has 4 amide bonds. The van der Waals surface area contributed by atoms with Gasteiger partial charge in [0.2, 0.25) is 5.91 Å². The van der Waals surface area contributed by atoms with E-state index in [1.54, 1.807) is 37.8 Å². The summed E-state index contributed by atoms with van der Waals surface area (Å²) in [5, 5.41) is 0.570. The van der Waals surface area contributed by atoms with Crippen LogP contribution < -0.4 is 4.90 Å². The van der Waals surface area contributed by atoms with E-state index >= 15 is 0 Å². The van der Waals surface area contributed by atoms with Gasteiger partial charge in [-0.05, 0) is 31.0 Å². The zero-order chi connectivity index (χ0) is 20.4. The molecule has 3 saturated heterocycles. The van der Waals surface area contributed by atoms with Crippen molar-refractivity contribution in [3.05, 3.63) is 29.3 Å². The Morgan fingerprint density at radius 2 is 1.83 bits per heavy atom. The van der Waals surface area contributed by atoms with E-state index in [0.717, 1.165) is 18.5 Å². The monoisotopic (exact) mass is 420 g/mol. The van der Waals surface area contributed by atoms with Gasteiger partial charge in [0.15, 0.2) is 0 Å². The van der Waals surface area contributed by atoms with E-state index in [2.05, 4.69) is 0 Å². The van der Waals surface area contributed by atoms with Crippen LogP contribution in [0.4, 0.5) is 10.5 Å². The molecule has 0 saturated carbocycles. The van der Waals surface area contributed by atoms with Crippen molar-refractivity contribution in [2.45, 2.75) is 18.9 Å². The molecular formula is C20H25ClN4O4. The summed E-state index contributed by atoms with van der Waals surface area (Å²) < 4.78 is 5.47. The molecule has 0 spiro atoms. The number of benzene rings is 1. The minimum atomic E-state index is -0.322. The normalized spacial score (nSPS) is 22.5. The van der Waals surface area contributed by atoms with Crippen molar-refractivity contribution in [3.8, 4) is 0 Å². The summed E-state index contributed by atoms with van der Waals surface area (Å²) in [5.41, 5.74) is 0.735. The van der Waals surface area contributed by atoms with Crippen LogP contribution in [-0.4, -0.2) is 91.1 Å². The molecule has 1 aromatic rings. The van der Waals surface area contributed by atoms with Crippen LogP contribution in [0.15, 0.2) is 24.3 Å². The third-order valence-electron chi connectivity index (χ3n) is 5.69. The van der Waals surface area contributed by atoms with Crippen LogP contribution in [0.5, 0.6) is 0 Å². The Morgan fingerprint density at radius 1 is 1.07 bits per heavy atom. The lowest BCUT2D eigenvalue weighted by atomic mass is 10.2. The summed E-state index contributed by atoms with van der Waals surface area (Å²) in [6.07, 6.45) is 1.38. The first-order valence-electron chi connectivity index (χ1n) is 10.0. The first-order valence-corrected chi connectivity index (χ1v) is 10.4. The lowest BCUT2D eigenvalue weighted by Crippen LogP contribution is -2.54. The smallest absolute Gasteiger partial charge is 0.325 e. The van der Waals surface area contributed by atoms with Crippen molar-refractivity contribution in [2.24, 2.45) is 0 Å². The fourth-order valence-corrected chi connectivity index (χ4v) is 4.21. The predicted molar refractivity (Wildman–Crippen MR) is 108 cm³/mol. The summed E-state index contributed by atoms with van der Waals surface area (Å²) in [5.74, 6) is -0.0583. The number of piperazine rings is 1. The zero-order valence-corrected chi connectivity index (χ0v) is 17.0. The number of rotatable bonds is 4. The molecule has 0 aromatic heterocycles. The Balaban J connectivity index is 1.28. The molecule has 3 heterocycles. The molecule has 0 bridgehead atoms. The SMILES string of the molecule is O=C(CN1CCN(c2cccc(Cl)c2)C1=O)N1CCN(C(=O)C2CCCO2)CC1. The number of hydrogen-bond acceptors (Lipinski definition) is 4. The highest BCUT2D eigenvalue weighted by Crippen LogP contribution is 2.23. The molecule has 1 unspecified atom stereocenters. The maximum absolute atomic E-state index is 12.7. The number of carbonyl (C=O) groups is 3. The van der Waals surface area contributed by atoms with Crippen LogP contribution in [0.2, 0.25) is 5.02 Å². The van der Waals surface area contributed by atoms with Crippen LogP contribution in [0.3, 0.4) is 0 Å². The number of urea groups is 1. The second-order valence-electron chi connectivity index (χ2n) is 7.54. The molecule has 156 valence electrons. The second kappa shape index (κ2) is 8.59. The number of carbonyl (C=O) groups excluding carboxylic acids is 3. The molecule has 29 heavy (non-hydrogen) atoms. The van der Waals surface area contributed by atoms with Crippen LogP contribution in [0, 0.1) is 0 Å². The van der Waals surface area contributed by atoms with Gasteiger partial charge in [-0.1, -0.05) is 17.7 Å². The molecule has 8 nitrogen and oxygen atoms in total. The number of halogens is 1.